The van der Waals surface area contributed by atoms with Crippen molar-refractivity contribution in [2.45, 2.75) is 43.9 Å². The third-order valence-corrected chi connectivity index (χ3v) is 7.46. The highest BCUT2D eigenvalue weighted by Crippen LogP contribution is 2.32. The van der Waals surface area contributed by atoms with E-state index in [2.05, 4.69) is 5.32 Å². The molecule has 1 aromatic rings. The summed E-state index contributed by atoms with van der Waals surface area (Å²) in [6.07, 6.45) is 6.09. The van der Waals surface area contributed by atoms with E-state index < -0.39 is 16.1 Å². The van der Waals surface area contributed by atoms with Gasteiger partial charge >= 0.3 is 0 Å². The smallest absolute Gasteiger partial charge is 0.243 e. The standard InChI is InChI=1S/C17H24Cl2N2O3S2/c1-12(17(22)20-9-10-25-14-5-3-4-6-14)21(26(2,23)24)16-11-13(18)7-8-15(16)19/h7-8,11-12,14H,3-6,9-10H2,1-2H3,(H,20,22). The fraction of sp³-hybridized carbons (Fsp3) is 0.588. The number of anilines is 1. The minimum atomic E-state index is -3.72. The number of nitrogens with zero attached hydrogens (tertiary/aromatic N) is 1. The van der Waals surface area contributed by atoms with Gasteiger partial charge in [-0.05, 0) is 38.0 Å². The van der Waals surface area contributed by atoms with Crippen LogP contribution in [-0.4, -0.2) is 44.2 Å². The van der Waals surface area contributed by atoms with Gasteiger partial charge in [0.25, 0.3) is 0 Å². The second kappa shape index (κ2) is 9.53. The van der Waals surface area contributed by atoms with Crippen molar-refractivity contribution in [3.63, 3.8) is 0 Å². The summed E-state index contributed by atoms with van der Waals surface area (Å²) in [7, 11) is -3.72. The molecule has 5 nitrogen and oxygen atoms in total. The van der Waals surface area contributed by atoms with Crippen LogP contribution in [-0.2, 0) is 14.8 Å². The number of carbonyl (C=O) groups excluding carboxylic acids is 1. The Morgan fingerprint density at radius 1 is 1.35 bits per heavy atom. The van der Waals surface area contributed by atoms with Gasteiger partial charge in [0.05, 0.1) is 17.0 Å². The molecule has 1 unspecified atom stereocenters. The monoisotopic (exact) mass is 438 g/mol. The summed E-state index contributed by atoms with van der Waals surface area (Å²) >= 11 is 14.0. The number of nitrogens with one attached hydrogen (secondary N) is 1. The van der Waals surface area contributed by atoms with E-state index in [0.29, 0.717) is 16.8 Å². The number of benzene rings is 1. The van der Waals surface area contributed by atoms with Crippen molar-refractivity contribution in [3.8, 4) is 0 Å². The number of carbonyl (C=O) groups is 1. The van der Waals surface area contributed by atoms with Gasteiger partial charge in [0, 0.05) is 22.6 Å². The molecular formula is C17H24Cl2N2O3S2. The van der Waals surface area contributed by atoms with E-state index >= 15 is 0 Å². The third-order valence-electron chi connectivity index (χ3n) is 4.29. The zero-order valence-electron chi connectivity index (χ0n) is 14.9. The van der Waals surface area contributed by atoms with E-state index in [-0.39, 0.29) is 16.6 Å². The van der Waals surface area contributed by atoms with Crippen molar-refractivity contribution in [1.29, 1.82) is 0 Å². The summed E-state index contributed by atoms with van der Waals surface area (Å²) in [5.74, 6) is 0.457. The molecule has 1 aliphatic rings. The molecule has 1 atom stereocenters. The largest absolute Gasteiger partial charge is 0.353 e. The predicted molar refractivity (Wildman–Crippen MR) is 111 cm³/mol. The Hall–Kier alpha value is -0.630. The van der Waals surface area contributed by atoms with E-state index in [4.69, 9.17) is 23.2 Å². The zero-order valence-corrected chi connectivity index (χ0v) is 18.0. The van der Waals surface area contributed by atoms with E-state index in [1.165, 1.54) is 44.7 Å². The Morgan fingerprint density at radius 3 is 2.62 bits per heavy atom. The molecule has 1 aliphatic carbocycles. The maximum absolute atomic E-state index is 12.5. The first-order chi connectivity index (χ1) is 12.2. The molecule has 0 saturated heterocycles. The van der Waals surface area contributed by atoms with Gasteiger partial charge in [0.15, 0.2) is 0 Å². The quantitative estimate of drug-likeness (QED) is 0.624. The lowest BCUT2D eigenvalue weighted by molar-refractivity contribution is -0.121. The Kier molecular flexibility index (Phi) is 7.94. The number of hydrogen-bond acceptors (Lipinski definition) is 4. The van der Waals surface area contributed by atoms with Gasteiger partial charge in [0.2, 0.25) is 15.9 Å². The minimum Gasteiger partial charge on any atom is -0.353 e. The molecule has 1 N–H and O–H groups in total. The van der Waals surface area contributed by atoms with E-state index in [1.807, 2.05) is 11.8 Å². The second-order valence-electron chi connectivity index (χ2n) is 6.40. The van der Waals surface area contributed by atoms with Crippen molar-refractivity contribution in [3.05, 3.63) is 28.2 Å². The molecule has 146 valence electrons. The number of halogens is 2. The first-order valence-corrected chi connectivity index (χ1v) is 12.2. The lowest BCUT2D eigenvalue weighted by atomic mass is 10.2. The highest BCUT2D eigenvalue weighted by Gasteiger charge is 2.30. The normalized spacial score (nSPS) is 16.5. The lowest BCUT2D eigenvalue weighted by Gasteiger charge is -2.29. The molecule has 0 radical (unpaired) electrons. The van der Waals surface area contributed by atoms with Crippen LogP contribution in [0, 0.1) is 0 Å². The Balaban J connectivity index is 2.02. The molecule has 1 amide bonds. The molecule has 9 heteroatoms. The van der Waals surface area contributed by atoms with E-state index in [1.54, 1.807) is 6.07 Å². The van der Waals surface area contributed by atoms with Crippen LogP contribution in [0.4, 0.5) is 5.69 Å². The van der Waals surface area contributed by atoms with Crippen molar-refractivity contribution in [2.24, 2.45) is 0 Å². The molecule has 0 spiro atoms. The van der Waals surface area contributed by atoms with Crippen LogP contribution < -0.4 is 9.62 Å². The minimum absolute atomic E-state index is 0.199. The van der Waals surface area contributed by atoms with E-state index in [0.717, 1.165) is 16.3 Å². The van der Waals surface area contributed by atoms with Crippen LogP contribution in [0.2, 0.25) is 10.0 Å². The average Bonchev–Trinajstić information content (AvgIpc) is 3.07. The van der Waals surface area contributed by atoms with Crippen LogP contribution in [0.15, 0.2) is 18.2 Å². The third kappa shape index (κ3) is 5.94. The molecule has 0 aliphatic heterocycles. The van der Waals surface area contributed by atoms with E-state index in [9.17, 15) is 13.2 Å². The fourth-order valence-electron chi connectivity index (χ4n) is 3.04. The van der Waals surface area contributed by atoms with Crippen molar-refractivity contribution < 1.29 is 13.2 Å². The van der Waals surface area contributed by atoms with Gasteiger partial charge in [-0.1, -0.05) is 36.0 Å². The number of sulfonamides is 1. The van der Waals surface area contributed by atoms with Crippen LogP contribution in [0.5, 0.6) is 0 Å². The Morgan fingerprint density at radius 2 is 2.00 bits per heavy atom. The van der Waals surface area contributed by atoms with Crippen molar-refractivity contribution in [2.75, 3.05) is 22.9 Å². The summed E-state index contributed by atoms with van der Waals surface area (Å²) < 4.78 is 25.6. The lowest BCUT2D eigenvalue weighted by Crippen LogP contribution is -2.48. The number of rotatable bonds is 8. The number of thioether (sulfide) groups is 1. The van der Waals surface area contributed by atoms with Crippen molar-refractivity contribution >= 4 is 56.6 Å². The highest BCUT2D eigenvalue weighted by molar-refractivity contribution is 7.99. The Bertz CT molecular complexity index is 738. The maximum atomic E-state index is 12.5. The molecule has 1 fully saturated rings. The molecular weight excluding hydrogens is 415 g/mol. The summed E-state index contributed by atoms with van der Waals surface area (Å²) in [5.41, 5.74) is 0.199. The average molecular weight is 439 g/mol. The summed E-state index contributed by atoms with van der Waals surface area (Å²) in [6.45, 7) is 2.04. The van der Waals surface area contributed by atoms with Gasteiger partial charge in [-0.2, -0.15) is 11.8 Å². The molecule has 1 saturated carbocycles. The predicted octanol–water partition coefficient (Wildman–Crippen LogP) is 3.94. The van der Waals surface area contributed by atoms with Gasteiger partial charge in [-0.15, -0.1) is 0 Å². The van der Waals surface area contributed by atoms with Gasteiger partial charge in [-0.3, -0.25) is 9.10 Å². The molecule has 0 heterocycles. The highest BCUT2D eigenvalue weighted by atomic mass is 35.5. The molecule has 0 bridgehead atoms. The summed E-state index contributed by atoms with van der Waals surface area (Å²) in [4.78, 5) is 12.5. The van der Waals surface area contributed by atoms with Crippen LogP contribution in [0.25, 0.3) is 0 Å². The molecule has 0 aromatic heterocycles. The zero-order chi connectivity index (χ0) is 19.3. The van der Waals surface area contributed by atoms with Gasteiger partial charge in [-0.25, -0.2) is 8.42 Å². The van der Waals surface area contributed by atoms with Crippen LogP contribution in [0.3, 0.4) is 0 Å². The number of amides is 1. The summed E-state index contributed by atoms with van der Waals surface area (Å²) in [6, 6.07) is 3.60. The molecule has 26 heavy (non-hydrogen) atoms. The van der Waals surface area contributed by atoms with Crippen LogP contribution in [0.1, 0.15) is 32.6 Å². The fourth-order valence-corrected chi connectivity index (χ4v) is 5.86. The van der Waals surface area contributed by atoms with Crippen molar-refractivity contribution in [1.82, 2.24) is 5.32 Å². The SMILES string of the molecule is CC(C(=O)NCCSC1CCCC1)N(c1cc(Cl)ccc1Cl)S(C)(=O)=O. The topological polar surface area (TPSA) is 66.5 Å². The number of hydrogen-bond donors (Lipinski definition) is 1. The maximum Gasteiger partial charge on any atom is 0.243 e. The van der Waals surface area contributed by atoms with Crippen LogP contribution >= 0.6 is 35.0 Å². The summed E-state index contributed by atoms with van der Waals surface area (Å²) in [5, 5.41) is 4.07. The Labute approximate surface area is 169 Å². The first kappa shape index (κ1) is 21.7. The van der Waals surface area contributed by atoms with Gasteiger partial charge in [0.1, 0.15) is 6.04 Å². The second-order valence-corrected chi connectivity index (χ2v) is 10.5. The first-order valence-electron chi connectivity index (χ1n) is 8.54. The van der Waals surface area contributed by atoms with Gasteiger partial charge < -0.3 is 5.32 Å². The molecule has 2 rings (SSSR count). The molecule has 1 aromatic carbocycles.